The average molecular weight is 504 g/mol. The van der Waals surface area contributed by atoms with E-state index in [2.05, 4.69) is 36.4 Å². The van der Waals surface area contributed by atoms with Crippen molar-refractivity contribution in [3.8, 4) is 0 Å². The van der Waals surface area contributed by atoms with Crippen LogP contribution in [-0.4, -0.2) is 44.9 Å². The van der Waals surface area contributed by atoms with Crippen LogP contribution in [0.1, 0.15) is 92.2 Å². The zero-order valence-corrected chi connectivity index (χ0v) is 24.1. The highest BCUT2D eigenvalue weighted by Gasteiger charge is 2.04. The molecule has 0 fully saturated rings. The Morgan fingerprint density at radius 1 is 1.11 bits per heavy atom. The third-order valence-corrected chi connectivity index (χ3v) is 4.03. The van der Waals surface area contributed by atoms with Crippen molar-refractivity contribution in [2.24, 2.45) is 4.99 Å². The van der Waals surface area contributed by atoms with Crippen LogP contribution in [0.25, 0.3) is 6.08 Å². The van der Waals surface area contributed by atoms with Crippen LogP contribution >= 0.6 is 0 Å². The maximum atomic E-state index is 12.2. The van der Waals surface area contributed by atoms with E-state index in [0.29, 0.717) is 18.9 Å². The maximum absolute atomic E-state index is 12.2. The van der Waals surface area contributed by atoms with Crippen LogP contribution in [-0.2, 0) is 4.79 Å². The summed E-state index contributed by atoms with van der Waals surface area (Å²) in [5.74, 6) is -0.186. The summed E-state index contributed by atoms with van der Waals surface area (Å²) >= 11 is 0. The molecule has 0 aliphatic carbocycles. The van der Waals surface area contributed by atoms with Crippen LogP contribution in [0.5, 0.6) is 0 Å². The summed E-state index contributed by atoms with van der Waals surface area (Å²) in [4.78, 5) is 15.6. The van der Waals surface area contributed by atoms with Crippen LogP contribution in [0.15, 0.2) is 29.3 Å². The molecule has 0 aromatic heterocycles. The number of rotatable bonds is 10. The van der Waals surface area contributed by atoms with Crippen LogP contribution in [0.3, 0.4) is 0 Å². The highest BCUT2D eigenvalue weighted by molar-refractivity contribution is 5.91. The average Bonchev–Trinajstić information content (AvgIpc) is 2.87. The van der Waals surface area contributed by atoms with Crippen molar-refractivity contribution in [3.05, 3.63) is 35.4 Å². The molecule has 0 bridgehead atoms. The fourth-order valence-electron chi connectivity index (χ4n) is 2.25. The third-order valence-electron chi connectivity index (χ3n) is 4.03. The van der Waals surface area contributed by atoms with Gasteiger partial charge in [-0.3, -0.25) is 14.2 Å². The van der Waals surface area contributed by atoms with E-state index in [4.69, 9.17) is 0 Å². The van der Waals surface area contributed by atoms with E-state index in [1.807, 2.05) is 52.8 Å². The SMILES string of the molecule is CC.CC.CCCCNC(C)C.CF.CNC(=O)/C=C/c1ccc(C)c(N=C(C)CCC(F)F)c1. The van der Waals surface area contributed by atoms with Crippen molar-refractivity contribution >= 4 is 23.4 Å². The van der Waals surface area contributed by atoms with Gasteiger partial charge >= 0.3 is 0 Å². The van der Waals surface area contributed by atoms with Gasteiger partial charge in [0.05, 0.1) is 12.9 Å². The molecule has 1 aromatic carbocycles. The molecule has 0 heterocycles. The highest BCUT2D eigenvalue weighted by atomic mass is 19.3. The first kappa shape index (κ1) is 40.0. The zero-order chi connectivity index (χ0) is 28.2. The molecular formula is C28H52F3N3O. The Bertz CT molecular complexity index is 661. The first-order valence-electron chi connectivity index (χ1n) is 12.6. The molecule has 206 valence electrons. The molecule has 1 rings (SSSR count). The second-order valence-corrected chi connectivity index (χ2v) is 7.23. The molecule has 4 nitrogen and oxygen atoms in total. The molecule has 0 saturated carbocycles. The summed E-state index contributed by atoms with van der Waals surface area (Å²) < 4.78 is 33.9. The number of benzene rings is 1. The van der Waals surface area contributed by atoms with Crippen molar-refractivity contribution < 1.29 is 18.0 Å². The summed E-state index contributed by atoms with van der Waals surface area (Å²) in [6.45, 7) is 19.4. The summed E-state index contributed by atoms with van der Waals surface area (Å²) in [6, 6.07) is 6.26. The van der Waals surface area contributed by atoms with Crippen LogP contribution in [0, 0.1) is 6.92 Å². The number of halogens is 3. The van der Waals surface area contributed by atoms with Crippen LogP contribution in [0.4, 0.5) is 18.9 Å². The van der Waals surface area contributed by atoms with E-state index in [-0.39, 0.29) is 18.7 Å². The normalized spacial score (nSPS) is 10.2. The summed E-state index contributed by atoms with van der Waals surface area (Å²) in [5.41, 5.74) is 3.21. The van der Waals surface area contributed by atoms with E-state index >= 15 is 0 Å². The lowest BCUT2D eigenvalue weighted by Crippen LogP contribution is -2.23. The molecule has 1 aromatic rings. The number of hydrogen-bond acceptors (Lipinski definition) is 3. The lowest BCUT2D eigenvalue weighted by molar-refractivity contribution is -0.115. The van der Waals surface area contributed by atoms with Gasteiger partial charge in [0.1, 0.15) is 0 Å². The number of hydrogen-bond donors (Lipinski definition) is 2. The second-order valence-electron chi connectivity index (χ2n) is 7.23. The standard InChI is InChI=1S/C16H20F2N2O.C7H17N.2C2H6.CH3F/c1-11-4-6-13(7-9-16(21)19-3)10-14(11)20-12(2)5-8-15(17)18;1-4-5-6-8-7(2)3;3*1-2/h4,6-7,9-10,15H,5,8H2,1-3H3,(H,19,21);7-8H,4-6H2,1-3H3;2*1-2H3;1H3/b9-7+,20-12?;;;;. The minimum absolute atomic E-state index is 0.176. The Hall–Kier alpha value is -2.15. The van der Waals surface area contributed by atoms with Gasteiger partial charge < -0.3 is 10.6 Å². The third kappa shape index (κ3) is 28.0. The van der Waals surface area contributed by atoms with Crippen molar-refractivity contribution in [2.75, 3.05) is 20.8 Å². The topological polar surface area (TPSA) is 53.5 Å². The van der Waals surface area contributed by atoms with Crippen molar-refractivity contribution in [1.29, 1.82) is 0 Å². The van der Waals surface area contributed by atoms with E-state index < -0.39 is 6.43 Å². The molecule has 7 heteroatoms. The summed E-state index contributed by atoms with van der Waals surface area (Å²) in [6.07, 6.45) is 3.50. The first-order chi connectivity index (χ1) is 16.7. The van der Waals surface area contributed by atoms with Crippen LogP contribution in [0.2, 0.25) is 0 Å². The Balaban J connectivity index is -0.000000287. The van der Waals surface area contributed by atoms with Gasteiger partial charge in [-0.1, -0.05) is 67.0 Å². The number of aryl methyl sites for hydroxylation is 1. The largest absolute Gasteiger partial charge is 0.356 e. The number of carbonyl (C=O) groups excluding carboxylic acids is 1. The number of likely N-dealkylation sites (N-methyl/N-ethyl adjacent to an activating group) is 1. The molecule has 0 spiro atoms. The fraction of sp³-hybridized carbons (Fsp3) is 0.643. The molecular weight excluding hydrogens is 451 g/mol. The monoisotopic (exact) mass is 503 g/mol. The first-order valence-corrected chi connectivity index (χ1v) is 12.6. The van der Waals surface area contributed by atoms with Gasteiger partial charge in [-0.05, 0) is 56.5 Å². The molecule has 0 saturated heterocycles. The lowest BCUT2D eigenvalue weighted by atomic mass is 10.1. The molecule has 1 amide bonds. The Kier molecular flexibility index (Phi) is 34.2. The van der Waals surface area contributed by atoms with E-state index in [1.165, 1.54) is 25.5 Å². The van der Waals surface area contributed by atoms with E-state index in [1.54, 1.807) is 20.0 Å². The minimum Gasteiger partial charge on any atom is -0.356 e. The number of unbranched alkanes of at least 4 members (excludes halogenated alkanes) is 1. The predicted molar refractivity (Wildman–Crippen MR) is 150 cm³/mol. The summed E-state index contributed by atoms with van der Waals surface area (Å²) in [7, 11) is 2.06. The number of carbonyl (C=O) groups is 1. The number of nitrogens with zero attached hydrogens (tertiary/aromatic N) is 1. The second kappa shape index (κ2) is 29.9. The van der Waals surface area contributed by atoms with Gasteiger partial charge in [-0.15, -0.1) is 0 Å². The minimum atomic E-state index is -2.31. The van der Waals surface area contributed by atoms with Crippen molar-refractivity contribution in [2.45, 2.75) is 100 Å². The number of nitrogens with one attached hydrogen (secondary N) is 2. The molecule has 0 unspecified atom stereocenters. The fourth-order valence-corrected chi connectivity index (χ4v) is 2.25. The van der Waals surface area contributed by atoms with E-state index in [0.717, 1.165) is 16.8 Å². The number of amides is 1. The zero-order valence-electron chi connectivity index (χ0n) is 24.1. The molecule has 0 aliphatic heterocycles. The molecule has 35 heavy (non-hydrogen) atoms. The summed E-state index contributed by atoms with van der Waals surface area (Å²) in [5, 5.41) is 5.84. The Morgan fingerprint density at radius 3 is 2.14 bits per heavy atom. The van der Waals surface area contributed by atoms with Gasteiger partial charge in [-0.25, -0.2) is 8.78 Å². The predicted octanol–water partition coefficient (Wildman–Crippen LogP) is 8.31. The smallest absolute Gasteiger partial charge is 0.243 e. The van der Waals surface area contributed by atoms with Crippen LogP contribution < -0.4 is 10.6 Å². The molecule has 0 atom stereocenters. The Labute approximate surface area is 213 Å². The molecule has 2 N–H and O–H groups in total. The highest BCUT2D eigenvalue weighted by Crippen LogP contribution is 2.22. The Morgan fingerprint density at radius 2 is 1.69 bits per heavy atom. The van der Waals surface area contributed by atoms with Gasteiger partial charge in [-0.2, -0.15) is 0 Å². The number of alkyl halides is 3. The van der Waals surface area contributed by atoms with Crippen molar-refractivity contribution in [1.82, 2.24) is 10.6 Å². The maximum Gasteiger partial charge on any atom is 0.243 e. The van der Waals surface area contributed by atoms with Crippen molar-refractivity contribution in [3.63, 3.8) is 0 Å². The van der Waals surface area contributed by atoms with Gasteiger partial charge in [0.15, 0.2) is 0 Å². The quantitative estimate of drug-likeness (QED) is 0.192. The van der Waals surface area contributed by atoms with Gasteiger partial charge in [0, 0.05) is 31.3 Å². The molecule has 0 radical (unpaired) electrons. The van der Waals surface area contributed by atoms with Gasteiger partial charge in [0.2, 0.25) is 12.3 Å². The number of aliphatic imine (C=N–C) groups is 1. The lowest BCUT2D eigenvalue weighted by Gasteiger charge is -2.05. The molecule has 0 aliphatic rings. The van der Waals surface area contributed by atoms with Gasteiger partial charge in [0.25, 0.3) is 0 Å². The van der Waals surface area contributed by atoms with E-state index in [9.17, 15) is 18.0 Å².